The molecule has 8 rings (SSSR count). The van der Waals surface area contributed by atoms with E-state index in [0.717, 1.165) is 31.9 Å². The van der Waals surface area contributed by atoms with Crippen molar-refractivity contribution in [2.24, 2.45) is 29.6 Å². The fourth-order valence-electron chi connectivity index (χ4n) is 7.99. The molecular formula is C34H28BrN3O5S2. The van der Waals surface area contributed by atoms with Gasteiger partial charge in [-0.05, 0) is 85.2 Å². The Morgan fingerprint density at radius 2 is 1.64 bits per heavy atom. The molecule has 11 heteroatoms. The smallest absolute Gasteiger partial charge is 0.305 e. The summed E-state index contributed by atoms with van der Waals surface area (Å²) in [5, 5.41) is 3.83. The molecule has 228 valence electrons. The van der Waals surface area contributed by atoms with Gasteiger partial charge in [-0.15, -0.1) is 11.8 Å². The molecule has 2 aliphatic carbocycles. The van der Waals surface area contributed by atoms with Gasteiger partial charge in [0.1, 0.15) is 5.75 Å². The van der Waals surface area contributed by atoms with Gasteiger partial charge >= 0.3 is 4.87 Å². The third-order valence-electron chi connectivity index (χ3n) is 9.75. The zero-order valence-electron chi connectivity index (χ0n) is 24.1. The number of imide groups is 1. The number of aromatic amines is 1. The van der Waals surface area contributed by atoms with Gasteiger partial charge < -0.3 is 15.0 Å². The average Bonchev–Trinajstić information content (AvgIpc) is 3.77. The van der Waals surface area contributed by atoms with Crippen molar-refractivity contribution in [1.29, 1.82) is 0 Å². The number of thioether (sulfide) groups is 1. The SMILES string of the molecule is Cc1ccc(NC(=O)COc2ccc([C@@H]3c4sc(=O)[nH]c4S[C@@H]4[C@@H]5C[C@@H]([C@@H]6C(=O)N(c7ccc(Br)cc7)C(=O)[C@@H]56)[C@H]34)cc2)cc1. The molecule has 3 fully saturated rings. The Kier molecular flexibility index (Phi) is 7.03. The maximum Gasteiger partial charge on any atom is 0.305 e. The zero-order chi connectivity index (χ0) is 31.0. The number of thiazole rings is 1. The lowest BCUT2D eigenvalue weighted by Crippen LogP contribution is -2.42. The highest BCUT2D eigenvalue weighted by atomic mass is 79.9. The number of carbonyl (C=O) groups is 3. The van der Waals surface area contributed by atoms with Crippen molar-refractivity contribution in [2.75, 3.05) is 16.8 Å². The van der Waals surface area contributed by atoms with E-state index in [0.29, 0.717) is 17.1 Å². The van der Waals surface area contributed by atoms with Gasteiger partial charge in [0.25, 0.3) is 5.91 Å². The molecule has 4 aliphatic rings. The van der Waals surface area contributed by atoms with Crippen molar-refractivity contribution >= 4 is 68.1 Å². The standard InChI is InChI=1S/C34H28BrN3O5S2/c1-16-2-8-19(9-3-16)36-24(39)15-43-21-12-4-17(5-13-21)25-26-22-14-23(29(26)44-31-30(25)45-34(42)37-31)28-27(22)32(40)38(33(28)41)20-10-6-18(35)7-11-20/h2-13,22-23,25-29H,14-15H2,1H3,(H,36,39)(H,37,42)/t22-,23-,25+,26-,27+,28+,29-/m1/s1. The van der Waals surface area contributed by atoms with Gasteiger partial charge in [0.05, 0.1) is 22.5 Å². The summed E-state index contributed by atoms with van der Waals surface area (Å²) in [6.07, 6.45) is 0.830. The molecule has 0 spiro atoms. The lowest BCUT2D eigenvalue weighted by atomic mass is 9.68. The first-order valence-corrected chi connectivity index (χ1v) is 17.4. The van der Waals surface area contributed by atoms with Crippen LogP contribution in [0.25, 0.3) is 0 Å². The molecule has 4 aromatic rings. The number of benzene rings is 3. The van der Waals surface area contributed by atoms with Crippen LogP contribution >= 0.6 is 39.0 Å². The number of nitrogens with one attached hydrogen (secondary N) is 2. The predicted octanol–water partition coefficient (Wildman–Crippen LogP) is 6.20. The summed E-state index contributed by atoms with van der Waals surface area (Å²) in [5.41, 5.74) is 3.47. The molecule has 1 saturated heterocycles. The first-order valence-electron chi connectivity index (χ1n) is 14.9. The Balaban J connectivity index is 1.05. The third kappa shape index (κ3) is 4.78. The minimum absolute atomic E-state index is 0.0335. The fraction of sp³-hybridized carbons (Fsp3) is 0.294. The van der Waals surface area contributed by atoms with Gasteiger partial charge in [-0.25, -0.2) is 0 Å². The summed E-state index contributed by atoms with van der Waals surface area (Å²) in [6.45, 7) is 1.86. The van der Waals surface area contributed by atoms with Crippen LogP contribution in [0.2, 0.25) is 0 Å². The largest absolute Gasteiger partial charge is 0.484 e. The summed E-state index contributed by atoms with van der Waals surface area (Å²) < 4.78 is 6.69. The van der Waals surface area contributed by atoms with E-state index in [2.05, 4.69) is 26.2 Å². The van der Waals surface area contributed by atoms with E-state index in [4.69, 9.17) is 4.74 Å². The maximum absolute atomic E-state index is 13.9. The van der Waals surface area contributed by atoms with Crippen LogP contribution in [0.3, 0.4) is 0 Å². The number of aromatic nitrogens is 1. The van der Waals surface area contributed by atoms with E-state index in [9.17, 15) is 19.2 Å². The predicted molar refractivity (Wildman–Crippen MR) is 177 cm³/mol. The van der Waals surface area contributed by atoms with Crippen LogP contribution in [0.1, 0.15) is 28.3 Å². The Morgan fingerprint density at radius 3 is 2.36 bits per heavy atom. The number of nitrogens with zero attached hydrogens (tertiary/aromatic N) is 1. The lowest BCUT2D eigenvalue weighted by Gasteiger charge is -2.43. The van der Waals surface area contributed by atoms with E-state index >= 15 is 0 Å². The van der Waals surface area contributed by atoms with E-state index in [1.807, 2.05) is 79.7 Å². The minimum atomic E-state index is -0.359. The molecular weight excluding hydrogens is 674 g/mol. The second-order valence-corrected chi connectivity index (χ2v) is 15.3. The third-order valence-corrected chi connectivity index (χ3v) is 12.9. The molecule has 8 nitrogen and oxygen atoms in total. The second kappa shape index (κ2) is 11.0. The second-order valence-electron chi connectivity index (χ2n) is 12.2. The van der Waals surface area contributed by atoms with Crippen molar-refractivity contribution in [3.63, 3.8) is 0 Å². The number of aryl methyl sites for hydroxylation is 1. The van der Waals surface area contributed by atoms with Crippen molar-refractivity contribution in [1.82, 2.24) is 4.98 Å². The van der Waals surface area contributed by atoms with Crippen molar-refractivity contribution in [2.45, 2.75) is 29.5 Å². The van der Waals surface area contributed by atoms with E-state index in [-0.39, 0.29) is 70.0 Å². The van der Waals surface area contributed by atoms with Crippen LogP contribution < -0.4 is 19.8 Å². The number of hydrogen-bond acceptors (Lipinski definition) is 7. The Morgan fingerprint density at radius 1 is 0.956 bits per heavy atom. The highest BCUT2D eigenvalue weighted by Crippen LogP contribution is 2.68. The minimum Gasteiger partial charge on any atom is -0.484 e. The molecule has 3 amide bonds. The van der Waals surface area contributed by atoms with Crippen molar-refractivity contribution in [3.05, 3.63) is 103 Å². The van der Waals surface area contributed by atoms with Crippen LogP contribution in [0.15, 0.2) is 87.1 Å². The van der Waals surface area contributed by atoms with Gasteiger partial charge in [-0.1, -0.05) is 57.1 Å². The summed E-state index contributed by atoms with van der Waals surface area (Å²) in [4.78, 5) is 58.1. The van der Waals surface area contributed by atoms with Gasteiger partial charge in [-0.3, -0.25) is 24.1 Å². The fourth-order valence-corrected chi connectivity index (χ4v) is 11.1. The highest BCUT2D eigenvalue weighted by Gasteiger charge is 2.69. The normalized spacial score (nSPS) is 27.7. The Bertz CT molecular complexity index is 1890. The van der Waals surface area contributed by atoms with E-state index in [1.54, 1.807) is 11.8 Å². The summed E-state index contributed by atoms with van der Waals surface area (Å²) in [6, 6.07) is 22.6. The molecule has 2 saturated carbocycles. The lowest BCUT2D eigenvalue weighted by molar-refractivity contribution is -0.123. The quantitative estimate of drug-likeness (QED) is 0.232. The van der Waals surface area contributed by atoms with Crippen LogP contribution in [-0.2, 0) is 14.4 Å². The molecule has 0 unspecified atom stereocenters. The topological polar surface area (TPSA) is 109 Å². The highest BCUT2D eigenvalue weighted by molar-refractivity contribution is 9.10. The van der Waals surface area contributed by atoms with Crippen LogP contribution in [0.5, 0.6) is 5.75 Å². The van der Waals surface area contributed by atoms with E-state index in [1.165, 1.54) is 16.2 Å². The number of carbonyl (C=O) groups excluding carboxylic acids is 3. The molecule has 3 heterocycles. The zero-order valence-corrected chi connectivity index (χ0v) is 27.3. The van der Waals surface area contributed by atoms with Gasteiger partial charge in [0, 0.05) is 26.2 Å². The number of hydrogen-bond donors (Lipinski definition) is 2. The van der Waals surface area contributed by atoms with Gasteiger partial charge in [-0.2, -0.15) is 0 Å². The number of anilines is 2. The van der Waals surface area contributed by atoms with Crippen molar-refractivity contribution in [3.8, 4) is 5.75 Å². The number of amides is 3. The first-order chi connectivity index (χ1) is 21.8. The molecule has 1 aromatic heterocycles. The number of rotatable bonds is 6. The summed E-state index contributed by atoms with van der Waals surface area (Å²) in [5.74, 6) is -0.485. The molecule has 2 bridgehead atoms. The molecule has 7 atom stereocenters. The molecule has 0 radical (unpaired) electrons. The Hall–Kier alpha value is -3.67. The number of ether oxygens (including phenoxy) is 1. The monoisotopic (exact) mass is 701 g/mol. The van der Waals surface area contributed by atoms with Crippen LogP contribution in [0, 0.1) is 36.5 Å². The van der Waals surface area contributed by atoms with Crippen molar-refractivity contribution < 1.29 is 19.1 Å². The summed E-state index contributed by atoms with van der Waals surface area (Å²) >= 11 is 6.35. The van der Waals surface area contributed by atoms with E-state index < -0.39 is 0 Å². The molecule has 2 aliphatic heterocycles. The molecule has 3 aromatic carbocycles. The number of halogens is 1. The van der Waals surface area contributed by atoms with Crippen LogP contribution in [-0.4, -0.2) is 34.6 Å². The average molecular weight is 703 g/mol. The summed E-state index contributed by atoms with van der Waals surface area (Å²) in [7, 11) is 0. The molecule has 2 N–H and O–H groups in total. The van der Waals surface area contributed by atoms with Gasteiger partial charge in [0.15, 0.2) is 6.61 Å². The molecule has 45 heavy (non-hydrogen) atoms. The van der Waals surface area contributed by atoms with Crippen LogP contribution in [0.4, 0.5) is 11.4 Å². The number of H-pyrrole nitrogens is 1. The maximum atomic E-state index is 13.9. The number of fused-ring (bicyclic) bond motifs is 9. The first kappa shape index (κ1) is 28.8. The Labute approximate surface area is 275 Å². The van der Waals surface area contributed by atoms with Gasteiger partial charge in [0.2, 0.25) is 11.8 Å².